The van der Waals surface area contributed by atoms with Gasteiger partial charge in [0.1, 0.15) is 4.60 Å². The Hall–Kier alpha value is -0.380. The van der Waals surface area contributed by atoms with Crippen molar-refractivity contribution < 1.29 is 0 Å². The average Bonchev–Trinajstić information content (AvgIpc) is 2.24. The monoisotopic (exact) mass is 298 g/mol. The number of hydrogen-bond acceptors (Lipinski definition) is 2. The molecular weight excluding hydrogens is 288 g/mol. The minimum atomic E-state index is 0.575. The highest BCUT2D eigenvalue weighted by Gasteiger charge is 2.31. The molecule has 4 heteroatoms. The summed E-state index contributed by atoms with van der Waals surface area (Å²) in [5.41, 5.74) is 2.52. The lowest BCUT2D eigenvalue weighted by Crippen LogP contribution is -2.52. The Morgan fingerprint density at radius 2 is 2.38 bits per heavy atom. The van der Waals surface area contributed by atoms with Crippen LogP contribution in [0.4, 0.5) is 0 Å². The minimum Gasteiger partial charge on any atom is -0.310 e. The Bertz CT molecular complexity index is 458. The topological polar surface area (TPSA) is 24.9 Å². The normalized spacial score (nSPS) is 28.0. The van der Waals surface area contributed by atoms with Gasteiger partial charge in [-0.25, -0.2) is 4.98 Å². The molecule has 2 aliphatic rings. The van der Waals surface area contributed by atoms with Crippen LogP contribution < -0.4 is 5.32 Å². The van der Waals surface area contributed by atoms with Gasteiger partial charge in [0.15, 0.2) is 0 Å². The summed E-state index contributed by atoms with van der Waals surface area (Å²) in [5, 5.41) is 4.12. The van der Waals surface area contributed by atoms with Crippen molar-refractivity contribution in [3.63, 3.8) is 0 Å². The van der Waals surface area contributed by atoms with E-state index in [1.807, 2.05) is 12.3 Å². The van der Waals surface area contributed by atoms with Gasteiger partial charge >= 0.3 is 0 Å². The standard InChI is InChI=1S/C12H12BrClN2/c13-12-10(14)3-9(6-16-12)7-1-2-8-5-15-11(8)4-7/h3-4,6,8,11,15H,1-2,5H2/t8-,11-/m0/s1. The molecule has 1 aromatic heterocycles. The van der Waals surface area contributed by atoms with Crippen LogP contribution in [0.25, 0.3) is 5.57 Å². The molecule has 16 heavy (non-hydrogen) atoms. The fourth-order valence-electron chi connectivity index (χ4n) is 2.38. The van der Waals surface area contributed by atoms with Gasteiger partial charge in [0.2, 0.25) is 0 Å². The number of rotatable bonds is 1. The van der Waals surface area contributed by atoms with Crippen molar-refractivity contribution in [3.8, 4) is 0 Å². The molecule has 3 rings (SSSR count). The molecule has 1 saturated heterocycles. The average molecular weight is 300 g/mol. The number of hydrogen-bond donors (Lipinski definition) is 1. The molecule has 0 aromatic carbocycles. The van der Waals surface area contributed by atoms with Crippen molar-refractivity contribution in [2.45, 2.75) is 18.9 Å². The highest BCUT2D eigenvalue weighted by Crippen LogP contribution is 2.35. The molecular formula is C12H12BrClN2. The number of nitrogens with zero attached hydrogens (tertiary/aromatic N) is 1. The molecule has 0 spiro atoms. The molecule has 1 aromatic rings. The molecule has 0 bridgehead atoms. The van der Waals surface area contributed by atoms with E-state index in [0.717, 1.165) is 17.9 Å². The second-order valence-electron chi connectivity index (χ2n) is 4.42. The quantitative estimate of drug-likeness (QED) is 0.805. The summed E-state index contributed by atoms with van der Waals surface area (Å²) in [6.45, 7) is 1.17. The van der Waals surface area contributed by atoms with Crippen LogP contribution in [0.5, 0.6) is 0 Å². The first-order valence-corrected chi connectivity index (χ1v) is 6.66. The van der Waals surface area contributed by atoms with Crippen molar-refractivity contribution in [2.24, 2.45) is 5.92 Å². The van der Waals surface area contributed by atoms with Gasteiger partial charge in [-0.05, 0) is 51.9 Å². The minimum absolute atomic E-state index is 0.575. The lowest BCUT2D eigenvalue weighted by molar-refractivity contribution is 0.256. The Labute approximate surface area is 108 Å². The highest BCUT2D eigenvalue weighted by molar-refractivity contribution is 9.10. The van der Waals surface area contributed by atoms with E-state index < -0.39 is 0 Å². The second kappa shape index (κ2) is 4.13. The molecule has 1 N–H and O–H groups in total. The van der Waals surface area contributed by atoms with E-state index in [4.69, 9.17) is 11.6 Å². The first kappa shape index (κ1) is 10.8. The SMILES string of the molecule is Clc1cc(C2=C[C@@H]3NC[C@@H]3CC2)cnc1Br. The van der Waals surface area contributed by atoms with E-state index in [9.17, 15) is 0 Å². The van der Waals surface area contributed by atoms with Gasteiger partial charge in [-0.2, -0.15) is 0 Å². The maximum Gasteiger partial charge on any atom is 0.124 e. The zero-order chi connectivity index (χ0) is 11.1. The number of nitrogens with one attached hydrogen (secondary N) is 1. The molecule has 2 heterocycles. The van der Waals surface area contributed by atoms with Crippen molar-refractivity contribution in [3.05, 3.63) is 33.5 Å². The van der Waals surface area contributed by atoms with E-state index in [1.165, 1.54) is 18.5 Å². The summed E-state index contributed by atoms with van der Waals surface area (Å²) < 4.78 is 0.717. The van der Waals surface area contributed by atoms with Crippen LogP contribution in [0.1, 0.15) is 18.4 Å². The van der Waals surface area contributed by atoms with Crippen molar-refractivity contribution in [1.82, 2.24) is 10.3 Å². The lowest BCUT2D eigenvalue weighted by Gasteiger charge is -2.40. The van der Waals surface area contributed by atoms with Gasteiger partial charge in [-0.1, -0.05) is 17.7 Å². The predicted octanol–water partition coefficient (Wildman–Crippen LogP) is 3.26. The lowest BCUT2D eigenvalue weighted by atomic mass is 9.79. The van der Waals surface area contributed by atoms with Gasteiger partial charge in [-0.3, -0.25) is 0 Å². The van der Waals surface area contributed by atoms with Crippen LogP contribution in [0.3, 0.4) is 0 Å². The predicted molar refractivity (Wildman–Crippen MR) is 69.4 cm³/mol. The summed E-state index contributed by atoms with van der Waals surface area (Å²) in [4.78, 5) is 4.24. The Morgan fingerprint density at radius 1 is 1.50 bits per heavy atom. The number of halogens is 2. The zero-order valence-electron chi connectivity index (χ0n) is 8.71. The van der Waals surface area contributed by atoms with Crippen LogP contribution in [0.2, 0.25) is 5.02 Å². The number of allylic oxidation sites excluding steroid dienone is 1. The summed E-state index contributed by atoms with van der Waals surface area (Å²) in [5.74, 6) is 0.850. The van der Waals surface area contributed by atoms with Crippen LogP contribution in [0.15, 0.2) is 22.9 Å². The number of aromatic nitrogens is 1. The van der Waals surface area contributed by atoms with Crippen molar-refractivity contribution >= 4 is 33.1 Å². The van der Waals surface area contributed by atoms with Crippen LogP contribution in [0, 0.1) is 5.92 Å². The Balaban J connectivity index is 1.91. The largest absolute Gasteiger partial charge is 0.310 e. The Kier molecular flexibility index (Phi) is 2.78. The van der Waals surface area contributed by atoms with E-state index >= 15 is 0 Å². The molecule has 0 saturated carbocycles. The highest BCUT2D eigenvalue weighted by atomic mass is 79.9. The van der Waals surface area contributed by atoms with E-state index in [2.05, 4.69) is 32.3 Å². The van der Waals surface area contributed by atoms with E-state index in [-0.39, 0.29) is 0 Å². The first-order valence-electron chi connectivity index (χ1n) is 5.49. The van der Waals surface area contributed by atoms with Gasteiger partial charge in [0, 0.05) is 18.8 Å². The van der Waals surface area contributed by atoms with Crippen molar-refractivity contribution in [2.75, 3.05) is 6.54 Å². The summed E-state index contributed by atoms with van der Waals surface area (Å²) in [7, 11) is 0. The van der Waals surface area contributed by atoms with Gasteiger partial charge in [0.25, 0.3) is 0 Å². The molecule has 1 aliphatic heterocycles. The maximum absolute atomic E-state index is 6.06. The third kappa shape index (κ3) is 1.81. The Morgan fingerprint density at radius 3 is 3.00 bits per heavy atom. The third-order valence-corrected chi connectivity index (χ3v) is 4.60. The summed E-state index contributed by atoms with van der Waals surface area (Å²) in [6.07, 6.45) is 6.64. The molecule has 1 aliphatic carbocycles. The van der Waals surface area contributed by atoms with Crippen LogP contribution >= 0.6 is 27.5 Å². The molecule has 0 amide bonds. The summed E-state index contributed by atoms with van der Waals surface area (Å²) >= 11 is 9.37. The fraction of sp³-hybridized carbons (Fsp3) is 0.417. The van der Waals surface area contributed by atoms with Gasteiger partial charge < -0.3 is 5.32 Å². The zero-order valence-corrected chi connectivity index (χ0v) is 11.1. The smallest absolute Gasteiger partial charge is 0.124 e. The summed E-state index contributed by atoms with van der Waals surface area (Å²) in [6, 6.07) is 2.56. The number of pyridine rings is 1. The molecule has 2 nitrogen and oxygen atoms in total. The number of fused-ring (bicyclic) bond motifs is 1. The van der Waals surface area contributed by atoms with E-state index in [1.54, 1.807) is 0 Å². The van der Waals surface area contributed by atoms with E-state index in [0.29, 0.717) is 15.7 Å². The van der Waals surface area contributed by atoms with Crippen LogP contribution in [-0.2, 0) is 0 Å². The second-order valence-corrected chi connectivity index (χ2v) is 5.58. The fourth-order valence-corrected chi connectivity index (χ4v) is 2.76. The van der Waals surface area contributed by atoms with Crippen LogP contribution in [-0.4, -0.2) is 17.6 Å². The maximum atomic E-state index is 6.06. The molecule has 0 radical (unpaired) electrons. The van der Waals surface area contributed by atoms with Gasteiger partial charge in [0.05, 0.1) is 5.02 Å². The first-order chi connectivity index (χ1) is 7.74. The molecule has 2 atom stereocenters. The van der Waals surface area contributed by atoms with Crippen molar-refractivity contribution in [1.29, 1.82) is 0 Å². The molecule has 1 fully saturated rings. The van der Waals surface area contributed by atoms with Gasteiger partial charge in [-0.15, -0.1) is 0 Å². The molecule has 0 unspecified atom stereocenters. The third-order valence-electron chi connectivity index (χ3n) is 3.46. The molecule has 84 valence electrons.